The monoisotopic (exact) mass is 365 g/mol. The number of benzene rings is 2. The first-order chi connectivity index (χ1) is 10.2. The fourth-order valence-corrected chi connectivity index (χ4v) is 2.60. The van der Waals surface area contributed by atoms with E-state index in [9.17, 15) is 0 Å². The molecule has 3 nitrogen and oxygen atoms in total. The smallest absolute Gasteiger partial charge is 0.142 e. The highest BCUT2D eigenvalue weighted by Crippen LogP contribution is 2.31. The van der Waals surface area contributed by atoms with Gasteiger partial charge in [0.1, 0.15) is 24.2 Å². The van der Waals surface area contributed by atoms with Crippen molar-refractivity contribution in [1.82, 2.24) is 0 Å². The third-order valence-electron chi connectivity index (χ3n) is 2.96. The Hall–Kier alpha value is -1.70. The van der Waals surface area contributed by atoms with E-state index >= 15 is 0 Å². The van der Waals surface area contributed by atoms with Crippen LogP contribution in [-0.4, -0.2) is 7.11 Å². The molecule has 0 aliphatic rings. The SMILES string of the molecule is COc1ccc(COc2c(Cl)cccc2CBr)cc1C#N. The van der Waals surface area contributed by atoms with Gasteiger partial charge in [-0.3, -0.25) is 0 Å². The van der Waals surface area contributed by atoms with Crippen LogP contribution < -0.4 is 9.47 Å². The summed E-state index contributed by atoms with van der Waals surface area (Å²) in [4.78, 5) is 0. The highest BCUT2D eigenvalue weighted by Gasteiger charge is 2.09. The molecule has 0 saturated carbocycles. The van der Waals surface area contributed by atoms with Gasteiger partial charge in [-0.05, 0) is 23.8 Å². The van der Waals surface area contributed by atoms with Gasteiger partial charge in [0.2, 0.25) is 0 Å². The van der Waals surface area contributed by atoms with Crippen LogP contribution in [0.25, 0.3) is 0 Å². The Balaban J connectivity index is 2.19. The summed E-state index contributed by atoms with van der Waals surface area (Å²) in [5, 5.41) is 10.3. The van der Waals surface area contributed by atoms with Gasteiger partial charge in [-0.15, -0.1) is 0 Å². The number of hydrogen-bond donors (Lipinski definition) is 0. The van der Waals surface area contributed by atoms with Crippen LogP contribution in [0.2, 0.25) is 5.02 Å². The summed E-state index contributed by atoms with van der Waals surface area (Å²) in [5.41, 5.74) is 2.35. The molecule has 0 heterocycles. The highest BCUT2D eigenvalue weighted by molar-refractivity contribution is 9.08. The average Bonchev–Trinajstić information content (AvgIpc) is 2.53. The van der Waals surface area contributed by atoms with Crippen molar-refractivity contribution in [2.45, 2.75) is 11.9 Å². The van der Waals surface area contributed by atoms with Crippen LogP contribution >= 0.6 is 27.5 Å². The Kier molecular flexibility index (Phi) is 5.49. The molecule has 2 aromatic carbocycles. The van der Waals surface area contributed by atoms with Crippen molar-refractivity contribution in [3.8, 4) is 17.6 Å². The third kappa shape index (κ3) is 3.69. The van der Waals surface area contributed by atoms with E-state index in [4.69, 9.17) is 26.3 Å². The molecule has 0 atom stereocenters. The lowest BCUT2D eigenvalue weighted by atomic mass is 10.1. The molecule has 0 aromatic heterocycles. The lowest BCUT2D eigenvalue weighted by Crippen LogP contribution is -1.99. The van der Waals surface area contributed by atoms with Crippen LogP contribution in [0.4, 0.5) is 0 Å². The van der Waals surface area contributed by atoms with Crippen LogP contribution in [0, 0.1) is 11.3 Å². The van der Waals surface area contributed by atoms with Crippen LogP contribution in [-0.2, 0) is 11.9 Å². The van der Waals surface area contributed by atoms with E-state index in [0.717, 1.165) is 11.1 Å². The highest BCUT2D eigenvalue weighted by atomic mass is 79.9. The molecule has 0 radical (unpaired) electrons. The molecule has 0 aliphatic carbocycles. The first-order valence-corrected chi connectivity index (χ1v) is 7.72. The minimum absolute atomic E-state index is 0.336. The van der Waals surface area contributed by atoms with E-state index in [2.05, 4.69) is 22.0 Å². The van der Waals surface area contributed by atoms with Crippen molar-refractivity contribution in [1.29, 1.82) is 5.26 Å². The number of nitrogens with zero attached hydrogens (tertiary/aromatic N) is 1. The average molecular weight is 367 g/mol. The van der Waals surface area contributed by atoms with Crippen molar-refractivity contribution < 1.29 is 9.47 Å². The Labute approximate surface area is 137 Å². The van der Waals surface area contributed by atoms with Gasteiger partial charge in [-0.2, -0.15) is 5.26 Å². The zero-order chi connectivity index (χ0) is 15.2. The number of halogens is 2. The van der Waals surface area contributed by atoms with Crippen LogP contribution in [0.15, 0.2) is 36.4 Å². The van der Waals surface area contributed by atoms with Crippen LogP contribution in [0.5, 0.6) is 11.5 Å². The summed E-state index contributed by atoms with van der Waals surface area (Å²) in [6.07, 6.45) is 0. The second kappa shape index (κ2) is 7.35. The predicted octanol–water partition coefficient (Wildman–Crippen LogP) is 4.69. The number of ether oxygens (including phenoxy) is 2. The molecule has 0 saturated heterocycles. The molecule has 0 N–H and O–H groups in total. The summed E-state index contributed by atoms with van der Waals surface area (Å²) in [7, 11) is 1.54. The molecule has 0 aliphatic heterocycles. The quantitative estimate of drug-likeness (QED) is 0.721. The summed E-state index contributed by atoms with van der Waals surface area (Å²) < 4.78 is 10.9. The van der Waals surface area contributed by atoms with Gasteiger partial charge in [0.25, 0.3) is 0 Å². The Morgan fingerprint density at radius 3 is 2.76 bits per heavy atom. The van der Waals surface area contributed by atoms with E-state index < -0.39 is 0 Å². The first-order valence-electron chi connectivity index (χ1n) is 6.22. The molecule has 2 aromatic rings. The number of nitriles is 1. The summed E-state index contributed by atoms with van der Waals surface area (Å²) >= 11 is 9.57. The molecule has 0 fully saturated rings. The Morgan fingerprint density at radius 1 is 1.29 bits per heavy atom. The van der Waals surface area contributed by atoms with E-state index in [1.54, 1.807) is 25.3 Å². The van der Waals surface area contributed by atoms with E-state index in [1.807, 2.05) is 18.2 Å². The van der Waals surface area contributed by atoms with Gasteiger partial charge in [-0.1, -0.05) is 45.7 Å². The van der Waals surface area contributed by atoms with Gasteiger partial charge in [0, 0.05) is 10.9 Å². The second-order valence-corrected chi connectivity index (χ2v) is 5.26. The van der Waals surface area contributed by atoms with Gasteiger partial charge in [0.15, 0.2) is 0 Å². The second-order valence-electron chi connectivity index (χ2n) is 4.30. The van der Waals surface area contributed by atoms with Crippen molar-refractivity contribution in [3.05, 3.63) is 58.1 Å². The van der Waals surface area contributed by atoms with Crippen molar-refractivity contribution in [2.75, 3.05) is 7.11 Å². The molecule has 2 rings (SSSR count). The number of para-hydroxylation sites is 1. The fraction of sp³-hybridized carbons (Fsp3) is 0.188. The lowest BCUT2D eigenvalue weighted by Gasteiger charge is -2.12. The summed E-state index contributed by atoms with van der Waals surface area (Å²) in [6, 6.07) is 13.1. The van der Waals surface area contributed by atoms with Gasteiger partial charge >= 0.3 is 0 Å². The molecule has 0 spiro atoms. The maximum Gasteiger partial charge on any atom is 0.142 e. The van der Waals surface area contributed by atoms with Crippen molar-refractivity contribution in [2.24, 2.45) is 0 Å². The van der Waals surface area contributed by atoms with E-state index in [-0.39, 0.29) is 0 Å². The topological polar surface area (TPSA) is 42.2 Å². The van der Waals surface area contributed by atoms with Gasteiger partial charge in [0.05, 0.1) is 17.7 Å². The van der Waals surface area contributed by atoms with Crippen molar-refractivity contribution >= 4 is 27.5 Å². The predicted molar refractivity (Wildman–Crippen MR) is 86.1 cm³/mol. The number of alkyl halides is 1. The Bertz CT molecular complexity index is 682. The maximum absolute atomic E-state index is 9.09. The minimum atomic E-state index is 0.336. The molecular weight excluding hydrogens is 354 g/mol. The first kappa shape index (κ1) is 15.7. The summed E-state index contributed by atoms with van der Waals surface area (Å²) in [6.45, 7) is 0.336. The maximum atomic E-state index is 9.09. The minimum Gasteiger partial charge on any atom is -0.495 e. The van der Waals surface area contributed by atoms with Crippen LogP contribution in [0.1, 0.15) is 16.7 Å². The van der Waals surface area contributed by atoms with Crippen LogP contribution in [0.3, 0.4) is 0 Å². The molecule has 108 valence electrons. The van der Waals surface area contributed by atoms with Gasteiger partial charge < -0.3 is 9.47 Å². The molecule has 0 unspecified atom stereocenters. The zero-order valence-corrected chi connectivity index (χ0v) is 13.7. The largest absolute Gasteiger partial charge is 0.495 e. The third-order valence-corrected chi connectivity index (χ3v) is 3.86. The molecular formula is C16H13BrClNO2. The number of hydrogen-bond acceptors (Lipinski definition) is 3. The fourth-order valence-electron chi connectivity index (χ4n) is 1.91. The van der Waals surface area contributed by atoms with E-state index in [0.29, 0.717) is 34.0 Å². The lowest BCUT2D eigenvalue weighted by molar-refractivity contribution is 0.304. The summed E-state index contributed by atoms with van der Waals surface area (Å²) in [5.74, 6) is 1.21. The molecule has 21 heavy (non-hydrogen) atoms. The molecule has 0 bridgehead atoms. The molecule has 0 amide bonds. The normalized spacial score (nSPS) is 10.0. The van der Waals surface area contributed by atoms with Gasteiger partial charge in [-0.25, -0.2) is 0 Å². The van der Waals surface area contributed by atoms with E-state index in [1.165, 1.54) is 0 Å². The number of rotatable bonds is 5. The Morgan fingerprint density at radius 2 is 2.10 bits per heavy atom. The number of methoxy groups -OCH3 is 1. The zero-order valence-electron chi connectivity index (χ0n) is 11.4. The van der Waals surface area contributed by atoms with Crippen molar-refractivity contribution in [3.63, 3.8) is 0 Å². The molecule has 5 heteroatoms. The standard InChI is InChI=1S/C16H13BrClNO2/c1-20-15-6-5-11(7-13(15)9-19)10-21-16-12(8-17)3-2-4-14(16)18/h2-7H,8,10H2,1H3.